The summed E-state index contributed by atoms with van der Waals surface area (Å²) in [7, 11) is 0. The van der Waals surface area contributed by atoms with E-state index in [1.54, 1.807) is 0 Å². The Kier molecular flexibility index (Phi) is 5.94. The van der Waals surface area contributed by atoms with E-state index in [4.69, 9.17) is 15.0 Å². The molecule has 4 rings (SSSR count). The van der Waals surface area contributed by atoms with Gasteiger partial charge in [0.1, 0.15) is 12.4 Å². The molecule has 0 aliphatic carbocycles. The number of nitrogens with zero attached hydrogens (tertiary/aromatic N) is 5. The zero-order valence-electron chi connectivity index (χ0n) is 17.6. The summed E-state index contributed by atoms with van der Waals surface area (Å²) < 4.78 is 12.9. The van der Waals surface area contributed by atoms with Crippen molar-refractivity contribution in [1.29, 1.82) is 0 Å². The third-order valence-corrected chi connectivity index (χ3v) is 5.56. The molecule has 9 heteroatoms. The number of aromatic nitrogens is 5. The highest BCUT2D eigenvalue weighted by Gasteiger charge is 2.15. The van der Waals surface area contributed by atoms with Gasteiger partial charge in [0.15, 0.2) is 5.82 Å². The predicted octanol–water partition coefficient (Wildman–Crippen LogP) is 4.21. The molecule has 0 aliphatic heterocycles. The maximum atomic E-state index is 6.13. The quantitative estimate of drug-likeness (QED) is 0.339. The topological polar surface area (TPSA) is 105 Å². The molecule has 0 radical (unpaired) electrons. The molecule has 0 spiro atoms. The number of ether oxygens (including phenoxy) is 1. The minimum absolute atomic E-state index is 0.0995. The summed E-state index contributed by atoms with van der Waals surface area (Å²) in [6.07, 6.45) is 0. The van der Waals surface area contributed by atoms with Crippen molar-refractivity contribution in [3.63, 3.8) is 0 Å². The van der Waals surface area contributed by atoms with E-state index in [9.17, 15) is 0 Å². The van der Waals surface area contributed by atoms with Gasteiger partial charge in [-0.3, -0.25) is 0 Å². The molecule has 0 amide bonds. The molecule has 0 aliphatic rings. The van der Waals surface area contributed by atoms with Gasteiger partial charge in [0.05, 0.1) is 5.75 Å². The fourth-order valence-corrected chi connectivity index (χ4v) is 3.55. The summed E-state index contributed by atoms with van der Waals surface area (Å²) in [5, 5.41) is 17.0. The van der Waals surface area contributed by atoms with Gasteiger partial charge in [-0.05, 0) is 35.2 Å². The molecule has 4 aromatic rings. The van der Waals surface area contributed by atoms with Crippen molar-refractivity contribution < 1.29 is 9.15 Å². The van der Waals surface area contributed by atoms with Gasteiger partial charge in [0, 0.05) is 5.56 Å². The van der Waals surface area contributed by atoms with Crippen LogP contribution in [0.25, 0.3) is 11.5 Å². The number of nitrogen functional groups attached to an aromatic ring is 1. The average Bonchev–Trinajstić information content (AvgIpc) is 3.38. The van der Waals surface area contributed by atoms with Gasteiger partial charge in [0.25, 0.3) is 0 Å². The van der Waals surface area contributed by atoms with Gasteiger partial charge in [-0.15, -0.1) is 20.4 Å². The number of benzene rings is 2. The molecule has 0 saturated heterocycles. The van der Waals surface area contributed by atoms with Crippen molar-refractivity contribution in [3.8, 4) is 17.2 Å². The third kappa shape index (κ3) is 5.05. The van der Waals surface area contributed by atoms with Crippen molar-refractivity contribution >= 4 is 11.8 Å². The first-order chi connectivity index (χ1) is 14.9. The zero-order valence-corrected chi connectivity index (χ0v) is 18.5. The van der Waals surface area contributed by atoms with Crippen LogP contribution in [0.4, 0.5) is 0 Å². The molecular weight excluding hydrogens is 412 g/mol. The van der Waals surface area contributed by atoms with Crippen LogP contribution in [-0.2, 0) is 17.8 Å². The standard InChI is InChI=1S/C22H24N6O2S/c1-22(2,3)16-9-11-17(12-10-16)29-13-18-24-27-21(28(18)23)31-14-19-25-26-20(30-19)15-7-5-4-6-8-15/h4-12H,13-14,23H2,1-3H3. The lowest BCUT2D eigenvalue weighted by Crippen LogP contribution is -2.16. The highest BCUT2D eigenvalue weighted by atomic mass is 32.2. The molecule has 0 saturated carbocycles. The fraction of sp³-hybridized carbons (Fsp3) is 0.273. The fourth-order valence-electron chi connectivity index (χ4n) is 2.84. The van der Waals surface area contributed by atoms with Crippen LogP contribution in [0.2, 0.25) is 0 Å². The van der Waals surface area contributed by atoms with Gasteiger partial charge < -0.3 is 15.0 Å². The van der Waals surface area contributed by atoms with E-state index in [0.717, 1.165) is 11.3 Å². The molecule has 8 nitrogen and oxygen atoms in total. The second-order valence-corrected chi connectivity index (χ2v) is 8.93. The van der Waals surface area contributed by atoms with E-state index in [1.165, 1.54) is 22.0 Å². The lowest BCUT2D eigenvalue weighted by Gasteiger charge is -2.19. The van der Waals surface area contributed by atoms with Crippen LogP contribution >= 0.6 is 11.8 Å². The Balaban J connectivity index is 1.34. The first-order valence-electron chi connectivity index (χ1n) is 9.83. The summed E-state index contributed by atoms with van der Waals surface area (Å²) in [6.45, 7) is 6.75. The second kappa shape index (κ2) is 8.81. The van der Waals surface area contributed by atoms with Crippen LogP contribution in [0.1, 0.15) is 38.0 Å². The molecule has 2 heterocycles. The molecule has 31 heavy (non-hydrogen) atoms. The number of rotatable bonds is 7. The largest absolute Gasteiger partial charge is 0.486 e. The first kappa shape index (κ1) is 20.9. The van der Waals surface area contributed by atoms with Crippen molar-refractivity contribution in [1.82, 2.24) is 25.1 Å². The first-order valence-corrected chi connectivity index (χ1v) is 10.8. The van der Waals surface area contributed by atoms with Crippen LogP contribution in [0.5, 0.6) is 5.75 Å². The Morgan fingerprint density at radius 2 is 1.71 bits per heavy atom. The minimum atomic E-state index is 0.0995. The van der Waals surface area contributed by atoms with E-state index < -0.39 is 0 Å². The Hall–Kier alpha value is -3.33. The van der Waals surface area contributed by atoms with E-state index in [-0.39, 0.29) is 12.0 Å². The van der Waals surface area contributed by atoms with Crippen molar-refractivity contribution in [3.05, 3.63) is 71.9 Å². The summed E-state index contributed by atoms with van der Waals surface area (Å²) in [4.78, 5) is 0. The van der Waals surface area contributed by atoms with Gasteiger partial charge in [-0.25, -0.2) is 4.68 Å². The highest BCUT2D eigenvalue weighted by Crippen LogP contribution is 2.25. The van der Waals surface area contributed by atoms with Crippen LogP contribution in [-0.4, -0.2) is 25.1 Å². The van der Waals surface area contributed by atoms with Crippen molar-refractivity contribution in [2.45, 2.75) is 43.7 Å². The Labute approximate surface area is 184 Å². The SMILES string of the molecule is CC(C)(C)c1ccc(OCc2nnc(SCc3nnc(-c4ccccc4)o3)n2N)cc1. The van der Waals surface area contributed by atoms with Crippen LogP contribution in [0, 0.1) is 0 Å². The maximum absolute atomic E-state index is 6.13. The molecule has 0 bridgehead atoms. The lowest BCUT2D eigenvalue weighted by atomic mass is 9.87. The number of hydrogen-bond acceptors (Lipinski definition) is 8. The summed E-state index contributed by atoms with van der Waals surface area (Å²) in [5.41, 5.74) is 2.22. The summed E-state index contributed by atoms with van der Waals surface area (Å²) in [6, 6.07) is 17.7. The molecule has 160 valence electrons. The van der Waals surface area contributed by atoms with Crippen molar-refractivity contribution in [2.24, 2.45) is 0 Å². The number of thioether (sulfide) groups is 1. The van der Waals surface area contributed by atoms with E-state index >= 15 is 0 Å². The highest BCUT2D eigenvalue weighted by molar-refractivity contribution is 7.98. The van der Waals surface area contributed by atoms with Crippen LogP contribution < -0.4 is 10.6 Å². The molecular formula is C22H24N6O2S. The number of nitrogens with two attached hydrogens (primary N) is 1. The lowest BCUT2D eigenvalue weighted by molar-refractivity contribution is 0.291. The molecule has 0 unspecified atom stereocenters. The molecule has 0 fully saturated rings. The molecule has 2 aromatic heterocycles. The smallest absolute Gasteiger partial charge is 0.247 e. The summed E-state index contributed by atoms with van der Waals surface area (Å²) >= 11 is 1.37. The van der Waals surface area contributed by atoms with Gasteiger partial charge in [-0.1, -0.05) is 62.9 Å². The number of hydrogen-bond donors (Lipinski definition) is 1. The van der Waals surface area contributed by atoms with E-state index in [2.05, 4.69) is 53.3 Å². The van der Waals surface area contributed by atoms with Gasteiger partial charge in [0.2, 0.25) is 16.9 Å². The van der Waals surface area contributed by atoms with Gasteiger partial charge >= 0.3 is 0 Å². The molecule has 0 atom stereocenters. The Morgan fingerprint density at radius 3 is 2.42 bits per heavy atom. The normalized spacial score (nSPS) is 11.6. The zero-order chi connectivity index (χ0) is 21.8. The van der Waals surface area contributed by atoms with Gasteiger partial charge in [-0.2, -0.15) is 0 Å². The maximum Gasteiger partial charge on any atom is 0.247 e. The van der Waals surface area contributed by atoms with Crippen LogP contribution in [0.3, 0.4) is 0 Å². The minimum Gasteiger partial charge on any atom is -0.486 e. The second-order valence-electron chi connectivity index (χ2n) is 7.99. The average molecular weight is 437 g/mol. The Bertz CT molecular complexity index is 1130. The third-order valence-electron chi connectivity index (χ3n) is 4.64. The Morgan fingerprint density at radius 1 is 0.968 bits per heavy atom. The monoisotopic (exact) mass is 436 g/mol. The van der Waals surface area contributed by atoms with Crippen molar-refractivity contribution in [2.75, 3.05) is 5.84 Å². The molecule has 2 N–H and O–H groups in total. The molecule has 2 aromatic carbocycles. The summed E-state index contributed by atoms with van der Waals surface area (Å²) in [5.74, 6) is 8.82. The van der Waals surface area contributed by atoms with E-state index in [1.807, 2.05) is 42.5 Å². The van der Waals surface area contributed by atoms with E-state index in [0.29, 0.717) is 28.5 Å². The van der Waals surface area contributed by atoms with Crippen LogP contribution in [0.15, 0.2) is 64.2 Å². The predicted molar refractivity (Wildman–Crippen MR) is 119 cm³/mol.